The van der Waals surface area contributed by atoms with Crippen LogP contribution in [0.3, 0.4) is 0 Å². The first kappa shape index (κ1) is 14.3. The van der Waals surface area contributed by atoms with Crippen molar-refractivity contribution in [2.24, 2.45) is 0 Å². The van der Waals surface area contributed by atoms with E-state index in [0.717, 1.165) is 22.3 Å². The van der Waals surface area contributed by atoms with Gasteiger partial charge in [-0.2, -0.15) is 0 Å². The summed E-state index contributed by atoms with van der Waals surface area (Å²) in [6, 6.07) is 16.1. The summed E-state index contributed by atoms with van der Waals surface area (Å²) in [5, 5.41) is 0. The minimum Gasteiger partial charge on any atom is -0.446 e. The van der Waals surface area contributed by atoms with Gasteiger partial charge in [0.05, 0.1) is 0 Å². The molecule has 0 radical (unpaired) electrons. The quantitative estimate of drug-likeness (QED) is 0.612. The van der Waals surface area contributed by atoms with Crippen LogP contribution >= 0.6 is 0 Å². The van der Waals surface area contributed by atoms with Crippen molar-refractivity contribution in [1.82, 2.24) is 0 Å². The second-order valence-corrected chi connectivity index (χ2v) is 5.31. The fourth-order valence-corrected chi connectivity index (χ4v) is 3.12. The molecule has 0 heterocycles. The van der Waals surface area contributed by atoms with E-state index in [1.165, 1.54) is 6.08 Å². The molecule has 0 aliphatic heterocycles. The summed E-state index contributed by atoms with van der Waals surface area (Å²) in [4.78, 5) is 12.0. The Morgan fingerprint density at radius 3 is 2.00 bits per heavy atom. The predicted molar refractivity (Wildman–Crippen MR) is 89.2 cm³/mol. The summed E-state index contributed by atoms with van der Waals surface area (Å²) in [6.07, 6.45) is 6.03. The Morgan fingerprint density at radius 2 is 1.55 bits per heavy atom. The SMILES string of the molecule is C=CC(=O)OC1(CC)c2ccccc2C=Cc2ccccc21. The van der Waals surface area contributed by atoms with Gasteiger partial charge >= 0.3 is 5.97 Å². The topological polar surface area (TPSA) is 26.3 Å². The van der Waals surface area contributed by atoms with E-state index >= 15 is 0 Å². The number of rotatable bonds is 3. The van der Waals surface area contributed by atoms with Crippen LogP contribution in [0.4, 0.5) is 0 Å². The lowest BCUT2D eigenvalue weighted by Crippen LogP contribution is -2.33. The van der Waals surface area contributed by atoms with Gasteiger partial charge in [0, 0.05) is 17.2 Å². The number of hydrogen-bond donors (Lipinski definition) is 0. The third-order valence-electron chi connectivity index (χ3n) is 4.17. The van der Waals surface area contributed by atoms with Crippen LogP contribution in [0.15, 0.2) is 61.2 Å². The maximum absolute atomic E-state index is 12.0. The fourth-order valence-electron chi connectivity index (χ4n) is 3.12. The smallest absolute Gasteiger partial charge is 0.331 e. The Hall–Kier alpha value is -2.61. The van der Waals surface area contributed by atoms with Crippen LogP contribution < -0.4 is 0 Å². The Kier molecular flexibility index (Phi) is 3.68. The number of hydrogen-bond acceptors (Lipinski definition) is 2. The third-order valence-corrected chi connectivity index (χ3v) is 4.17. The molecule has 3 rings (SSSR count). The highest BCUT2D eigenvalue weighted by atomic mass is 16.6. The first-order chi connectivity index (χ1) is 10.7. The Labute approximate surface area is 130 Å². The minimum atomic E-state index is -0.790. The van der Waals surface area contributed by atoms with Gasteiger partial charge in [-0.3, -0.25) is 0 Å². The summed E-state index contributed by atoms with van der Waals surface area (Å²) >= 11 is 0. The molecule has 2 aromatic rings. The number of esters is 1. The first-order valence-electron chi connectivity index (χ1n) is 7.44. The van der Waals surface area contributed by atoms with Crippen molar-refractivity contribution in [3.63, 3.8) is 0 Å². The zero-order chi connectivity index (χ0) is 15.6. The lowest BCUT2D eigenvalue weighted by atomic mass is 9.81. The predicted octanol–water partition coefficient (Wildman–Crippen LogP) is 4.55. The molecule has 0 fully saturated rings. The molecule has 0 saturated heterocycles. The Morgan fingerprint density at radius 1 is 1.05 bits per heavy atom. The van der Waals surface area contributed by atoms with Gasteiger partial charge in [0.2, 0.25) is 0 Å². The lowest BCUT2D eigenvalue weighted by molar-refractivity contribution is -0.150. The van der Waals surface area contributed by atoms with E-state index in [0.29, 0.717) is 6.42 Å². The summed E-state index contributed by atoms with van der Waals surface area (Å²) in [5.74, 6) is -0.409. The monoisotopic (exact) mass is 290 g/mol. The van der Waals surface area contributed by atoms with E-state index in [4.69, 9.17) is 4.74 Å². The number of carbonyl (C=O) groups excluding carboxylic acids is 1. The van der Waals surface area contributed by atoms with E-state index in [2.05, 4.69) is 18.7 Å². The highest BCUT2D eigenvalue weighted by Crippen LogP contribution is 2.43. The van der Waals surface area contributed by atoms with E-state index in [-0.39, 0.29) is 0 Å². The molecule has 2 aromatic carbocycles. The Balaban J connectivity index is 2.32. The molecule has 0 saturated carbocycles. The average molecular weight is 290 g/mol. The summed E-state index contributed by atoms with van der Waals surface area (Å²) in [5.41, 5.74) is 3.36. The molecule has 1 aliphatic carbocycles. The normalized spacial score (nSPS) is 14.4. The van der Waals surface area contributed by atoms with Crippen molar-refractivity contribution in [2.75, 3.05) is 0 Å². The van der Waals surface area contributed by atoms with Crippen LogP contribution in [0.1, 0.15) is 35.6 Å². The standard InChI is InChI=1S/C20H18O2/c1-3-19(21)22-20(4-2)17-11-7-5-9-15(17)13-14-16-10-6-8-12-18(16)20/h3,5-14H,1,4H2,2H3. The van der Waals surface area contributed by atoms with Gasteiger partial charge < -0.3 is 4.74 Å². The van der Waals surface area contributed by atoms with Crippen molar-refractivity contribution in [3.8, 4) is 0 Å². The molecule has 0 unspecified atom stereocenters. The van der Waals surface area contributed by atoms with Crippen molar-refractivity contribution < 1.29 is 9.53 Å². The van der Waals surface area contributed by atoms with E-state index < -0.39 is 11.6 Å². The summed E-state index contributed by atoms with van der Waals surface area (Å²) in [7, 11) is 0. The van der Waals surface area contributed by atoms with Crippen LogP contribution in [0.2, 0.25) is 0 Å². The third kappa shape index (κ3) is 2.17. The molecule has 2 heteroatoms. The number of ether oxygens (including phenoxy) is 1. The van der Waals surface area contributed by atoms with Gasteiger partial charge in [0.1, 0.15) is 0 Å². The zero-order valence-corrected chi connectivity index (χ0v) is 12.6. The molecule has 2 nitrogen and oxygen atoms in total. The van der Waals surface area contributed by atoms with Crippen molar-refractivity contribution in [1.29, 1.82) is 0 Å². The second-order valence-electron chi connectivity index (χ2n) is 5.31. The van der Waals surface area contributed by atoms with E-state index in [9.17, 15) is 4.79 Å². The molecule has 110 valence electrons. The van der Waals surface area contributed by atoms with Crippen molar-refractivity contribution in [2.45, 2.75) is 18.9 Å². The van der Waals surface area contributed by atoms with Crippen LogP contribution in [0, 0.1) is 0 Å². The van der Waals surface area contributed by atoms with Crippen LogP contribution in [-0.4, -0.2) is 5.97 Å². The van der Waals surface area contributed by atoms with Gasteiger partial charge in [0.25, 0.3) is 0 Å². The molecule has 22 heavy (non-hydrogen) atoms. The van der Waals surface area contributed by atoms with Gasteiger partial charge in [0.15, 0.2) is 5.60 Å². The second kappa shape index (κ2) is 5.64. The minimum absolute atomic E-state index is 0.409. The van der Waals surface area contributed by atoms with Gasteiger partial charge in [-0.1, -0.05) is 74.2 Å². The first-order valence-corrected chi connectivity index (χ1v) is 7.44. The van der Waals surface area contributed by atoms with Gasteiger partial charge in [-0.25, -0.2) is 4.79 Å². The van der Waals surface area contributed by atoms with Gasteiger partial charge in [-0.05, 0) is 17.5 Å². The van der Waals surface area contributed by atoms with Crippen LogP contribution in [0.25, 0.3) is 12.2 Å². The van der Waals surface area contributed by atoms with E-state index in [1.54, 1.807) is 0 Å². The molecule has 0 bridgehead atoms. The average Bonchev–Trinajstić information content (AvgIpc) is 2.71. The van der Waals surface area contributed by atoms with Crippen molar-refractivity contribution in [3.05, 3.63) is 83.4 Å². The molecule has 1 aliphatic rings. The number of fused-ring (bicyclic) bond motifs is 2. The summed E-state index contributed by atoms with van der Waals surface area (Å²) in [6.45, 7) is 5.57. The maximum atomic E-state index is 12.0. The highest BCUT2D eigenvalue weighted by Gasteiger charge is 2.39. The molecule has 0 N–H and O–H groups in total. The van der Waals surface area contributed by atoms with Crippen molar-refractivity contribution >= 4 is 18.1 Å². The summed E-state index contributed by atoms with van der Waals surface area (Å²) < 4.78 is 5.91. The van der Waals surface area contributed by atoms with Crippen LogP contribution in [0.5, 0.6) is 0 Å². The number of carbonyl (C=O) groups is 1. The largest absolute Gasteiger partial charge is 0.446 e. The molecule has 0 spiro atoms. The Bertz CT molecular complexity index is 706. The maximum Gasteiger partial charge on any atom is 0.331 e. The van der Waals surface area contributed by atoms with Gasteiger partial charge in [-0.15, -0.1) is 0 Å². The fraction of sp³-hybridized carbons (Fsp3) is 0.150. The molecule has 0 atom stereocenters. The van der Waals surface area contributed by atoms with Crippen LogP contribution in [-0.2, 0) is 15.1 Å². The zero-order valence-electron chi connectivity index (χ0n) is 12.6. The molecular formula is C20H18O2. The number of benzene rings is 2. The molecular weight excluding hydrogens is 272 g/mol. The van der Waals surface area contributed by atoms with E-state index in [1.807, 2.05) is 55.5 Å². The highest BCUT2D eigenvalue weighted by molar-refractivity contribution is 5.84. The molecule has 0 aromatic heterocycles. The lowest BCUT2D eigenvalue weighted by Gasteiger charge is -2.34. The molecule has 0 amide bonds.